The van der Waals surface area contributed by atoms with Crippen molar-refractivity contribution in [1.82, 2.24) is 20.3 Å². The Hall–Kier alpha value is -0.900. The molecule has 1 saturated heterocycles. The van der Waals surface area contributed by atoms with Crippen LogP contribution in [-0.4, -0.2) is 27.6 Å². The van der Waals surface area contributed by atoms with Crippen LogP contribution in [0.3, 0.4) is 0 Å². The first-order valence-corrected chi connectivity index (χ1v) is 5.02. The first kappa shape index (κ1) is 8.69. The summed E-state index contributed by atoms with van der Waals surface area (Å²) in [6, 6.07) is 0.693. The molecule has 0 saturated carbocycles. The van der Waals surface area contributed by atoms with Crippen molar-refractivity contribution in [2.75, 3.05) is 6.54 Å². The van der Waals surface area contributed by atoms with Gasteiger partial charge < -0.3 is 5.32 Å². The van der Waals surface area contributed by atoms with Crippen LogP contribution in [0, 0.1) is 0 Å². The van der Waals surface area contributed by atoms with Crippen molar-refractivity contribution in [3.8, 4) is 0 Å². The summed E-state index contributed by atoms with van der Waals surface area (Å²) in [6.07, 6.45) is 8.84. The molecule has 1 atom stereocenters. The van der Waals surface area contributed by atoms with Crippen molar-refractivity contribution in [1.29, 1.82) is 0 Å². The van der Waals surface area contributed by atoms with Gasteiger partial charge in [0.2, 0.25) is 0 Å². The van der Waals surface area contributed by atoms with Gasteiger partial charge in [-0.05, 0) is 25.8 Å². The maximum absolute atomic E-state index is 3.94. The third-order valence-electron chi connectivity index (χ3n) is 2.59. The van der Waals surface area contributed by atoms with Gasteiger partial charge in [-0.3, -0.25) is 4.68 Å². The topological polar surface area (TPSA) is 42.7 Å². The molecule has 4 heteroatoms. The van der Waals surface area contributed by atoms with E-state index in [1.807, 2.05) is 10.9 Å². The summed E-state index contributed by atoms with van der Waals surface area (Å²) in [5.41, 5.74) is 0. The van der Waals surface area contributed by atoms with Crippen molar-refractivity contribution in [2.45, 2.75) is 38.3 Å². The predicted molar refractivity (Wildman–Crippen MR) is 50.3 cm³/mol. The molecule has 4 nitrogen and oxygen atoms in total. The number of hydrogen-bond donors (Lipinski definition) is 1. The van der Waals surface area contributed by atoms with Crippen LogP contribution in [0.2, 0.25) is 0 Å². The van der Waals surface area contributed by atoms with Crippen LogP contribution in [0.25, 0.3) is 0 Å². The van der Waals surface area contributed by atoms with Gasteiger partial charge in [-0.25, -0.2) is 0 Å². The molecule has 0 bridgehead atoms. The van der Waals surface area contributed by atoms with E-state index in [-0.39, 0.29) is 0 Å². The largest absolute Gasteiger partial charge is 0.314 e. The minimum atomic E-state index is 0.693. The van der Waals surface area contributed by atoms with Crippen LogP contribution in [0.15, 0.2) is 12.4 Å². The lowest BCUT2D eigenvalue weighted by Crippen LogP contribution is -2.34. The Morgan fingerprint density at radius 2 is 2.46 bits per heavy atom. The van der Waals surface area contributed by atoms with E-state index in [2.05, 4.69) is 15.6 Å². The Morgan fingerprint density at radius 1 is 1.46 bits per heavy atom. The molecule has 1 N–H and O–H groups in total. The number of aromatic nitrogens is 3. The second-order valence-electron chi connectivity index (χ2n) is 3.60. The third kappa shape index (κ3) is 2.52. The zero-order valence-corrected chi connectivity index (χ0v) is 7.82. The molecule has 1 aromatic rings. The molecule has 1 unspecified atom stereocenters. The quantitative estimate of drug-likeness (QED) is 0.748. The normalized spacial score (nSPS) is 23.2. The van der Waals surface area contributed by atoms with E-state index in [1.165, 1.54) is 32.2 Å². The fourth-order valence-electron chi connectivity index (χ4n) is 1.81. The van der Waals surface area contributed by atoms with Gasteiger partial charge in [-0.2, -0.15) is 0 Å². The molecule has 1 aliphatic rings. The van der Waals surface area contributed by atoms with E-state index >= 15 is 0 Å². The number of nitrogens with one attached hydrogen (secondary N) is 1. The Morgan fingerprint density at radius 3 is 3.15 bits per heavy atom. The lowest BCUT2D eigenvalue weighted by atomic mass is 10.0. The van der Waals surface area contributed by atoms with Crippen LogP contribution in [0.5, 0.6) is 0 Å². The van der Waals surface area contributed by atoms with Gasteiger partial charge in [0.1, 0.15) is 0 Å². The first-order valence-electron chi connectivity index (χ1n) is 5.02. The molecular formula is C9H16N4. The van der Waals surface area contributed by atoms with Gasteiger partial charge in [-0.1, -0.05) is 11.6 Å². The predicted octanol–water partition coefficient (Wildman–Crippen LogP) is 0.810. The van der Waals surface area contributed by atoms with E-state index in [0.29, 0.717) is 6.04 Å². The minimum absolute atomic E-state index is 0.693. The maximum Gasteiger partial charge on any atom is 0.0692 e. The molecule has 2 rings (SSSR count). The molecule has 13 heavy (non-hydrogen) atoms. The van der Waals surface area contributed by atoms with Gasteiger partial charge in [0.15, 0.2) is 0 Å². The number of hydrogen-bond acceptors (Lipinski definition) is 3. The molecule has 0 aliphatic carbocycles. The number of rotatable bonds is 3. The highest BCUT2D eigenvalue weighted by molar-refractivity contribution is 4.73. The smallest absolute Gasteiger partial charge is 0.0692 e. The van der Waals surface area contributed by atoms with Crippen molar-refractivity contribution in [3.05, 3.63) is 12.4 Å². The highest BCUT2D eigenvalue weighted by atomic mass is 15.4. The minimum Gasteiger partial charge on any atom is -0.314 e. The Bertz CT molecular complexity index is 226. The molecular weight excluding hydrogens is 164 g/mol. The van der Waals surface area contributed by atoms with Crippen molar-refractivity contribution in [2.24, 2.45) is 0 Å². The standard InChI is InChI=1S/C9H16N4/c1-2-5-10-9(3-1)4-7-13-8-6-11-12-13/h6,8-10H,1-5,7H2. The summed E-state index contributed by atoms with van der Waals surface area (Å²) >= 11 is 0. The lowest BCUT2D eigenvalue weighted by Gasteiger charge is -2.23. The molecule has 1 fully saturated rings. The SMILES string of the molecule is c1cn(CCC2CCCCN2)nn1. The Kier molecular flexibility index (Phi) is 2.92. The monoisotopic (exact) mass is 180 g/mol. The van der Waals surface area contributed by atoms with Gasteiger partial charge in [-0.15, -0.1) is 5.10 Å². The molecule has 2 heterocycles. The number of nitrogens with zero attached hydrogens (tertiary/aromatic N) is 3. The maximum atomic E-state index is 3.94. The molecule has 0 spiro atoms. The van der Waals surface area contributed by atoms with Crippen LogP contribution < -0.4 is 5.32 Å². The van der Waals surface area contributed by atoms with Gasteiger partial charge >= 0.3 is 0 Å². The Labute approximate surface area is 78.3 Å². The van der Waals surface area contributed by atoms with Crippen LogP contribution in [0.4, 0.5) is 0 Å². The fraction of sp³-hybridized carbons (Fsp3) is 0.778. The third-order valence-corrected chi connectivity index (χ3v) is 2.59. The van der Waals surface area contributed by atoms with E-state index in [0.717, 1.165) is 6.54 Å². The zero-order chi connectivity index (χ0) is 8.93. The molecule has 0 aromatic carbocycles. The van der Waals surface area contributed by atoms with Crippen molar-refractivity contribution >= 4 is 0 Å². The van der Waals surface area contributed by atoms with Gasteiger partial charge in [0, 0.05) is 18.8 Å². The molecule has 0 amide bonds. The average molecular weight is 180 g/mol. The van der Waals surface area contributed by atoms with Gasteiger partial charge in [0.05, 0.1) is 6.20 Å². The van der Waals surface area contributed by atoms with Crippen LogP contribution >= 0.6 is 0 Å². The summed E-state index contributed by atoms with van der Waals surface area (Å²) in [7, 11) is 0. The average Bonchev–Trinajstić information content (AvgIpc) is 2.69. The number of aryl methyl sites for hydroxylation is 1. The van der Waals surface area contributed by atoms with E-state index < -0.39 is 0 Å². The summed E-state index contributed by atoms with van der Waals surface area (Å²) in [5.74, 6) is 0. The summed E-state index contributed by atoms with van der Waals surface area (Å²) in [5, 5.41) is 11.2. The van der Waals surface area contributed by atoms with Crippen molar-refractivity contribution in [3.63, 3.8) is 0 Å². The zero-order valence-electron chi connectivity index (χ0n) is 7.82. The highest BCUT2D eigenvalue weighted by Gasteiger charge is 2.11. The summed E-state index contributed by atoms with van der Waals surface area (Å²) < 4.78 is 1.90. The highest BCUT2D eigenvalue weighted by Crippen LogP contribution is 2.10. The van der Waals surface area contributed by atoms with E-state index in [9.17, 15) is 0 Å². The molecule has 1 aromatic heterocycles. The van der Waals surface area contributed by atoms with E-state index in [1.54, 1.807) is 6.20 Å². The van der Waals surface area contributed by atoms with Crippen molar-refractivity contribution < 1.29 is 0 Å². The Balaban J connectivity index is 1.72. The second kappa shape index (κ2) is 4.37. The summed E-state index contributed by atoms with van der Waals surface area (Å²) in [4.78, 5) is 0. The van der Waals surface area contributed by atoms with Crippen LogP contribution in [0.1, 0.15) is 25.7 Å². The molecule has 0 radical (unpaired) electrons. The van der Waals surface area contributed by atoms with E-state index in [4.69, 9.17) is 0 Å². The summed E-state index contributed by atoms with van der Waals surface area (Å²) in [6.45, 7) is 2.17. The van der Waals surface area contributed by atoms with Gasteiger partial charge in [0.25, 0.3) is 0 Å². The first-order chi connectivity index (χ1) is 6.45. The van der Waals surface area contributed by atoms with Crippen LogP contribution in [-0.2, 0) is 6.54 Å². The molecule has 1 aliphatic heterocycles. The fourth-order valence-corrected chi connectivity index (χ4v) is 1.81. The number of piperidine rings is 1. The second-order valence-corrected chi connectivity index (χ2v) is 3.60. The lowest BCUT2D eigenvalue weighted by molar-refractivity contribution is 0.359. The molecule has 72 valence electrons.